The Morgan fingerprint density at radius 2 is 1.93 bits per heavy atom. The van der Waals surface area contributed by atoms with Crippen LogP contribution in [0.2, 0.25) is 0 Å². The summed E-state index contributed by atoms with van der Waals surface area (Å²) in [6.07, 6.45) is 1.20. The molecule has 0 fully saturated rings. The van der Waals surface area contributed by atoms with Crippen LogP contribution in [0, 0.1) is 0 Å². The standard InChI is InChI=1S/C10H13N.H3NO2S/c1-8-7-9-5-3-4-6-10(9)11(8)2;1-4(2)3/h3-6,8H,7H2,1-2H3;4H,(H2,1,2,3). The van der Waals surface area contributed by atoms with E-state index in [-0.39, 0.29) is 0 Å². The Kier molecular flexibility index (Phi) is 4.11. The highest BCUT2D eigenvalue weighted by atomic mass is 32.2. The molecule has 0 radical (unpaired) electrons. The minimum Gasteiger partial charge on any atom is -0.371 e. The third-order valence-corrected chi connectivity index (χ3v) is 2.55. The third kappa shape index (κ3) is 3.21. The van der Waals surface area contributed by atoms with Crippen LogP contribution in [0.5, 0.6) is 0 Å². The van der Waals surface area contributed by atoms with E-state index in [1.807, 2.05) is 0 Å². The Morgan fingerprint density at radius 1 is 1.40 bits per heavy atom. The van der Waals surface area contributed by atoms with Gasteiger partial charge in [0.25, 0.3) is 0 Å². The van der Waals surface area contributed by atoms with Crippen LogP contribution in [0.4, 0.5) is 5.69 Å². The fraction of sp³-hybridized carbons (Fsp3) is 0.400. The van der Waals surface area contributed by atoms with Crippen LogP contribution >= 0.6 is 0 Å². The van der Waals surface area contributed by atoms with Gasteiger partial charge in [-0.2, -0.15) is 0 Å². The van der Waals surface area contributed by atoms with Gasteiger partial charge in [0.15, 0.2) is 10.9 Å². The molecule has 1 aromatic rings. The molecular formula is C10H16N2O2S. The van der Waals surface area contributed by atoms with Crippen LogP contribution in [-0.4, -0.2) is 21.5 Å². The summed E-state index contributed by atoms with van der Waals surface area (Å²) in [6, 6.07) is 9.30. The summed E-state index contributed by atoms with van der Waals surface area (Å²) in [5.41, 5.74) is 2.89. The normalized spacial score (nSPS) is 18.4. The van der Waals surface area contributed by atoms with Crippen molar-refractivity contribution in [3.63, 3.8) is 0 Å². The molecule has 1 unspecified atom stereocenters. The van der Waals surface area contributed by atoms with Gasteiger partial charge >= 0.3 is 0 Å². The molecule has 0 saturated heterocycles. The summed E-state index contributed by atoms with van der Waals surface area (Å²) in [6.45, 7) is 2.26. The average molecular weight is 228 g/mol. The molecule has 0 bridgehead atoms. The van der Waals surface area contributed by atoms with Crippen molar-refractivity contribution in [2.75, 3.05) is 11.9 Å². The van der Waals surface area contributed by atoms with Crippen molar-refractivity contribution in [1.82, 2.24) is 0 Å². The number of thiol groups is 1. The molecule has 0 spiro atoms. The molecule has 2 rings (SSSR count). The van der Waals surface area contributed by atoms with Crippen LogP contribution in [-0.2, 0) is 17.3 Å². The predicted octanol–water partition coefficient (Wildman–Crippen LogP) is 0.539. The fourth-order valence-corrected chi connectivity index (χ4v) is 1.72. The van der Waals surface area contributed by atoms with Crippen LogP contribution in [0.25, 0.3) is 0 Å². The topological polar surface area (TPSA) is 63.4 Å². The van der Waals surface area contributed by atoms with Gasteiger partial charge in [-0.15, -0.1) is 0 Å². The van der Waals surface area contributed by atoms with Gasteiger partial charge in [-0.05, 0) is 25.0 Å². The maximum Gasteiger partial charge on any atom is 0.198 e. The number of nitrogens with two attached hydrogens (primary N) is 1. The summed E-state index contributed by atoms with van der Waals surface area (Å²) >= 11 is 0. The molecule has 15 heavy (non-hydrogen) atoms. The molecule has 1 aliphatic rings. The molecule has 0 aromatic heterocycles. The maximum absolute atomic E-state index is 8.81. The van der Waals surface area contributed by atoms with E-state index in [1.54, 1.807) is 0 Å². The molecule has 84 valence electrons. The van der Waals surface area contributed by atoms with Crippen molar-refractivity contribution in [3.05, 3.63) is 29.8 Å². The Bertz CT molecular complexity index is 396. The van der Waals surface area contributed by atoms with Crippen LogP contribution < -0.4 is 10.0 Å². The molecule has 0 aliphatic carbocycles. The van der Waals surface area contributed by atoms with E-state index in [4.69, 9.17) is 8.42 Å². The number of fused-ring (bicyclic) bond motifs is 1. The van der Waals surface area contributed by atoms with Gasteiger partial charge in [0, 0.05) is 18.8 Å². The molecule has 1 heterocycles. The number of rotatable bonds is 0. The average Bonchev–Trinajstić information content (AvgIpc) is 2.43. The van der Waals surface area contributed by atoms with Crippen molar-refractivity contribution in [2.45, 2.75) is 19.4 Å². The Labute approximate surface area is 91.8 Å². The summed E-state index contributed by atoms with van der Waals surface area (Å²) in [5, 5.41) is 4.06. The number of nitrogens with zero attached hydrogens (tertiary/aromatic N) is 1. The molecule has 1 aliphatic heterocycles. The van der Waals surface area contributed by atoms with Gasteiger partial charge in [0.05, 0.1) is 0 Å². The first-order valence-electron chi connectivity index (χ1n) is 4.72. The second-order valence-electron chi connectivity index (χ2n) is 3.58. The second kappa shape index (κ2) is 5.14. The molecule has 0 saturated carbocycles. The smallest absolute Gasteiger partial charge is 0.198 e. The van der Waals surface area contributed by atoms with E-state index < -0.39 is 10.9 Å². The number of benzene rings is 1. The van der Waals surface area contributed by atoms with Gasteiger partial charge in [-0.1, -0.05) is 18.2 Å². The summed E-state index contributed by atoms with van der Waals surface area (Å²) in [4.78, 5) is 2.34. The number of anilines is 1. The number of para-hydroxylation sites is 1. The first-order chi connectivity index (χ1) is 7.02. The highest BCUT2D eigenvalue weighted by Gasteiger charge is 2.21. The molecular weight excluding hydrogens is 212 g/mol. The van der Waals surface area contributed by atoms with E-state index >= 15 is 0 Å². The minimum atomic E-state index is -2.62. The van der Waals surface area contributed by atoms with Crippen molar-refractivity contribution in [2.24, 2.45) is 5.14 Å². The number of hydrogen-bond acceptors (Lipinski definition) is 3. The number of hydrogen-bond donors (Lipinski definition) is 2. The second-order valence-corrected chi connectivity index (χ2v) is 4.15. The van der Waals surface area contributed by atoms with Gasteiger partial charge in [0.1, 0.15) is 0 Å². The summed E-state index contributed by atoms with van der Waals surface area (Å²) < 4.78 is 17.6. The first kappa shape index (κ1) is 12.0. The summed E-state index contributed by atoms with van der Waals surface area (Å²) in [5.74, 6) is 0. The lowest BCUT2D eigenvalue weighted by atomic mass is 10.1. The Morgan fingerprint density at radius 3 is 2.47 bits per heavy atom. The zero-order valence-electron chi connectivity index (χ0n) is 8.88. The van der Waals surface area contributed by atoms with Crippen LogP contribution in [0.3, 0.4) is 0 Å². The molecule has 0 amide bonds. The highest BCUT2D eigenvalue weighted by Crippen LogP contribution is 2.29. The largest absolute Gasteiger partial charge is 0.371 e. The highest BCUT2D eigenvalue weighted by molar-refractivity contribution is 7.69. The van der Waals surface area contributed by atoms with Gasteiger partial charge < -0.3 is 4.90 Å². The van der Waals surface area contributed by atoms with Gasteiger partial charge in [-0.25, -0.2) is 13.6 Å². The first-order valence-corrected chi connectivity index (χ1v) is 5.97. The molecule has 2 N–H and O–H groups in total. The lowest BCUT2D eigenvalue weighted by Gasteiger charge is -2.17. The molecule has 1 aromatic carbocycles. The van der Waals surface area contributed by atoms with Gasteiger partial charge in [-0.3, -0.25) is 0 Å². The molecule has 1 atom stereocenters. The zero-order chi connectivity index (χ0) is 11.4. The lowest BCUT2D eigenvalue weighted by Crippen LogP contribution is -2.23. The van der Waals surface area contributed by atoms with Gasteiger partial charge in [0.2, 0.25) is 0 Å². The predicted molar refractivity (Wildman–Crippen MR) is 62.5 cm³/mol. The third-order valence-electron chi connectivity index (χ3n) is 2.55. The van der Waals surface area contributed by atoms with Crippen molar-refractivity contribution in [1.29, 1.82) is 0 Å². The van der Waals surface area contributed by atoms with E-state index in [2.05, 4.69) is 48.3 Å². The van der Waals surface area contributed by atoms with Crippen LogP contribution in [0.15, 0.2) is 24.3 Å². The maximum atomic E-state index is 8.81. The zero-order valence-corrected chi connectivity index (χ0v) is 9.78. The monoisotopic (exact) mass is 228 g/mol. The van der Waals surface area contributed by atoms with Crippen molar-refractivity contribution >= 4 is 16.6 Å². The lowest BCUT2D eigenvalue weighted by molar-refractivity contribution is 0.616. The van der Waals surface area contributed by atoms with E-state index in [1.165, 1.54) is 17.7 Å². The summed E-state index contributed by atoms with van der Waals surface area (Å²) in [7, 11) is -0.457. The Balaban J connectivity index is 0.000000245. The van der Waals surface area contributed by atoms with E-state index in [9.17, 15) is 0 Å². The van der Waals surface area contributed by atoms with E-state index in [0.717, 1.165) is 0 Å². The van der Waals surface area contributed by atoms with E-state index in [0.29, 0.717) is 6.04 Å². The van der Waals surface area contributed by atoms with Crippen molar-refractivity contribution < 1.29 is 8.42 Å². The van der Waals surface area contributed by atoms with Crippen LogP contribution in [0.1, 0.15) is 12.5 Å². The SMILES string of the molecule is CC1Cc2ccccc2N1C.N[SH](=O)=O. The molecule has 5 heteroatoms. The number of likely N-dealkylation sites (N-methyl/N-ethyl adjacent to an activating group) is 1. The quantitative estimate of drug-likeness (QED) is 0.637. The molecule has 4 nitrogen and oxygen atoms in total. The minimum absolute atomic E-state index is 0.674. The Hall–Kier alpha value is -1.07. The fourth-order valence-electron chi connectivity index (χ4n) is 1.72. The van der Waals surface area contributed by atoms with Crippen molar-refractivity contribution in [3.8, 4) is 0 Å².